The third-order valence-corrected chi connectivity index (χ3v) is 10.8. The predicted octanol–water partition coefficient (Wildman–Crippen LogP) is 12.4. The van der Waals surface area contributed by atoms with Crippen LogP contribution in [-0.2, 0) is 11.8 Å². The summed E-state index contributed by atoms with van der Waals surface area (Å²) in [6, 6.07) is 74.3. The molecular formula is C51H40N2. The van der Waals surface area contributed by atoms with E-state index in [4.69, 9.17) is 5.73 Å². The van der Waals surface area contributed by atoms with Crippen LogP contribution in [-0.4, -0.2) is 0 Å². The van der Waals surface area contributed by atoms with E-state index in [2.05, 4.69) is 206 Å². The molecule has 2 nitrogen and oxygen atoms in total. The molecule has 0 bridgehead atoms. The third-order valence-electron chi connectivity index (χ3n) is 10.8. The molecule has 2 heteroatoms. The average Bonchev–Trinajstić information content (AvgIpc) is 3.53. The molecule has 0 unspecified atom stereocenters. The van der Waals surface area contributed by atoms with Crippen molar-refractivity contribution < 1.29 is 0 Å². The van der Waals surface area contributed by atoms with Crippen molar-refractivity contribution in [1.29, 1.82) is 0 Å². The Labute approximate surface area is 312 Å². The summed E-state index contributed by atoms with van der Waals surface area (Å²) in [6.45, 7) is 0. The maximum atomic E-state index is 6.69. The Morgan fingerprint density at radius 1 is 0.453 bits per heavy atom. The van der Waals surface area contributed by atoms with Crippen molar-refractivity contribution in [1.82, 2.24) is 0 Å². The number of hydrogen-bond acceptors (Lipinski definition) is 2. The fourth-order valence-electron chi connectivity index (χ4n) is 8.40. The lowest BCUT2D eigenvalue weighted by Gasteiger charge is -2.34. The summed E-state index contributed by atoms with van der Waals surface area (Å²) in [4.78, 5) is 0. The van der Waals surface area contributed by atoms with Gasteiger partial charge in [0.15, 0.2) is 0 Å². The minimum Gasteiger partial charge on any atom is -0.355 e. The van der Waals surface area contributed by atoms with Crippen molar-refractivity contribution >= 4 is 11.4 Å². The number of anilines is 2. The zero-order valence-corrected chi connectivity index (χ0v) is 29.5. The molecule has 0 fully saturated rings. The van der Waals surface area contributed by atoms with Crippen molar-refractivity contribution in [3.63, 3.8) is 0 Å². The first-order chi connectivity index (χ1) is 26.2. The van der Waals surface area contributed by atoms with E-state index in [1.807, 2.05) is 6.07 Å². The van der Waals surface area contributed by atoms with E-state index < -0.39 is 5.41 Å². The van der Waals surface area contributed by atoms with Crippen LogP contribution in [0.5, 0.6) is 0 Å². The van der Waals surface area contributed by atoms with Crippen LogP contribution in [0.2, 0.25) is 0 Å². The Kier molecular flexibility index (Phi) is 8.51. The monoisotopic (exact) mass is 680 g/mol. The van der Waals surface area contributed by atoms with E-state index in [0.717, 1.165) is 28.9 Å². The largest absolute Gasteiger partial charge is 0.355 e. The van der Waals surface area contributed by atoms with E-state index >= 15 is 0 Å². The lowest BCUT2D eigenvalue weighted by atomic mass is 9.67. The van der Waals surface area contributed by atoms with E-state index in [9.17, 15) is 0 Å². The maximum absolute atomic E-state index is 6.69. The quantitative estimate of drug-likeness (QED) is 0.159. The van der Waals surface area contributed by atoms with Gasteiger partial charge in [0.05, 0.1) is 5.41 Å². The fourth-order valence-corrected chi connectivity index (χ4v) is 8.40. The highest BCUT2D eigenvalue weighted by molar-refractivity contribution is 6.01. The van der Waals surface area contributed by atoms with Gasteiger partial charge in [0, 0.05) is 23.0 Å². The highest BCUT2D eigenvalue weighted by atomic mass is 14.9. The predicted molar refractivity (Wildman–Crippen MR) is 221 cm³/mol. The van der Waals surface area contributed by atoms with Gasteiger partial charge in [0.1, 0.15) is 0 Å². The van der Waals surface area contributed by atoms with Crippen LogP contribution >= 0.6 is 0 Å². The van der Waals surface area contributed by atoms with Crippen LogP contribution in [0.3, 0.4) is 0 Å². The normalized spacial score (nSPS) is 13.2. The first kappa shape index (κ1) is 32.4. The van der Waals surface area contributed by atoms with E-state index in [0.29, 0.717) is 0 Å². The van der Waals surface area contributed by atoms with Crippen LogP contribution in [0.15, 0.2) is 206 Å². The Bertz CT molecular complexity index is 2450. The molecule has 53 heavy (non-hydrogen) atoms. The minimum atomic E-state index is -0.487. The molecule has 0 saturated heterocycles. The summed E-state index contributed by atoms with van der Waals surface area (Å²) in [5, 5.41) is 3.90. The summed E-state index contributed by atoms with van der Waals surface area (Å²) in [5.74, 6) is 0. The van der Waals surface area contributed by atoms with Gasteiger partial charge in [-0.1, -0.05) is 188 Å². The maximum Gasteiger partial charge on any atom is 0.0713 e. The van der Waals surface area contributed by atoms with Crippen LogP contribution in [0.4, 0.5) is 11.4 Å². The van der Waals surface area contributed by atoms with E-state index in [1.54, 1.807) is 0 Å². The molecule has 0 aliphatic heterocycles. The number of nitrogens with one attached hydrogen (secondary N) is 1. The van der Waals surface area contributed by atoms with Gasteiger partial charge in [0.25, 0.3) is 0 Å². The lowest BCUT2D eigenvalue weighted by molar-refractivity contribution is 0.722. The molecule has 0 saturated carbocycles. The molecule has 1 atom stereocenters. The van der Waals surface area contributed by atoms with E-state index in [1.165, 1.54) is 55.6 Å². The molecule has 1 aliphatic carbocycles. The smallest absolute Gasteiger partial charge is 0.0713 e. The third kappa shape index (κ3) is 5.84. The highest BCUT2D eigenvalue weighted by Crippen LogP contribution is 2.59. The second-order valence-electron chi connectivity index (χ2n) is 13.9. The van der Waals surface area contributed by atoms with Crippen LogP contribution in [0.1, 0.15) is 39.4 Å². The second kappa shape index (κ2) is 13.9. The van der Waals surface area contributed by atoms with Gasteiger partial charge in [-0.3, -0.25) is 0 Å². The van der Waals surface area contributed by atoms with Crippen molar-refractivity contribution in [3.05, 3.63) is 240 Å². The summed E-state index contributed by atoms with van der Waals surface area (Å²) < 4.78 is 0. The number of benzene rings is 8. The SMILES string of the molecule is N[C@H](Cc1cccc(Nc2ccc3c(c2-c2ccc(-c4ccccc4)cc2)-c2ccccc2C3(c2ccccc2)c2ccccc2)c1)c1ccccc1. The molecule has 254 valence electrons. The average molecular weight is 681 g/mol. The van der Waals surface area contributed by atoms with Crippen molar-refractivity contribution in [2.24, 2.45) is 5.73 Å². The number of hydrogen-bond donors (Lipinski definition) is 2. The molecular weight excluding hydrogens is 641 g/mol. The van der Waals surface area contributed by atoms with Gasteiger partial charge in [0.2, 0.25) is 0 Å². The van der Waals surface area contributed by atoms with Gasteiger partial charge < -0.3 is 11.1 Å². The van der Waals surface area contributed by atoms with Crippen LogP contribution in [0, 0.1) is 0 Å². The van der Waals surface area contributed by atoms with Gasteiger partial charge >= 0.3 is 0 Å². The molecule has 1 aliphatic rings. The summed E-state index contributed by atoms with van der Waals surface area (Å²) in [6.07, 6.45) is 0.752. The zero-order chi connectivity index (χ0) is 35.6. The zero-order valence-electron chi connectivity index (χ0n) is 29.5. The molecule has 0 spiro atoms. The minimum absolute atomic E-state index is 0.0780. The van der Waals surface area contributed by atoms with Crippen LogP contribution in [0.25, 0.3) is 33.4 Å². The second-order valence-corrected chi connectivity index (χ2v) is 13.9. The van der Waals surface area contributed by atoms with Crippen molar-refractivity contribution in [3.8, 4) is 33.4 Å². The Morgan fingerprint density at radius 2 is 1.02 bits per heavy atom. The molecule has 9 rings (SSSR count). The molecule has 0 heterocycles. The summed E-state index contributed by atoms with van der Waals surface area (Å²) >= 11 is 0. The summed E-state index contributed by atoms with van der Waals surface area (Å²) in [5.41, 5.74) is 23.0. The van der Waals surface area contributed by atoms with Crippen molar-refractivity contribution in [2.75, 3.05) is 5.32 Å². The lowest BCUT2D eigenvalue weighted by Crippen LogP contribution is -2.28. The Hall–Kier alpha value is -6.48. The molecule has 3 N–H and O–H groups in total. The van der Waals surface area contributed by atoms with Gasteiger partial charge in [-0.05, 0) is 85.8 Å². The topological polar surface area (TPSA) is 38.0 Å². The molecule has 0 amide bonds. The Morgan fingerprint density at radius 3 is 1.70 bits per heavy atom. The van der Waals surface area contributed by atoms with Crippen molar-refractivity contribution in [2.45, 2.75) is 17.9 Å². The van der Waals surface area contributed by atoms with Gasteiger partial charge in [-0.25, -0.2) is 0 Å². The first-order valence-electron chi connectivity index (χ1n) is 18.4. The first-order valence-corrected chi connectivity index (χ1v) is 18.4. The number of fused-ring (bicyclic) bond motifs is 3. The summed E-state index contributed by atoms with van der Waals surface area (Å²) in [7, 11) is 0. The molecule has 0 radical (unpaired) electrons. The molecule has 8 aromatic rings. The van der Waals surface area contributed by atoms with E-state index in [-0.39, 0.29) is 6.04 Å². The fraction of sp³-hybridized carbons (Fsp3) is 0.0588. The van der Waals surface area contributed by atoms with Gasteiger partial charge in [-0.15, -0.1) is 0 Å². The standard InChI is InChI=1S/C51H40N2/c52-47(39-19-7-2-8-20-39)35-36-16-15-25-43(34-36)53-48-33-32-46-50(49(48)40-30-28-38(29-31-40)37-17-5-1-6-18-37)44-26-13-14-27-45(44)51(46,41-21-9-3-10-22-41)42-23-11-4-12-24-42/h1-34,47,53H,35,52H2/t47-/m1/s1. The van der Waals surface area contributed by atoms with Crippen LogP contribution < -0.4 is 11.1 Å². The molecule has 8 aromatic carbocycles. The number of rotatable bonds is 9. The number of nitrogens with two attached hydrogens (primary N) is 1. The Balaban J connectivity index is 1.24. The highest BCUT2D eigenvalue weighted by Gasteiger charge is 2.47. The van der Waals surface area contributed by atoms with Gasteiger partial charge in [-0.2, -0.15) is 0 Å². The molecule has 0 aromatic heterocycles.